The Labute approximate surface area is 320 Å². The molecule has 1 aliphatic carbocycles. The highest BCUT2D eigenvalue weighted by Gasteiger charge is 2.34. The van der Waals surface area contributed by atoms with Crippen LogP contribution in [0.25, 0.3) is 33.4 Å². The number of nitrogens with zero attached hydrogens (tertiary/aromatic N) is 1. The van der Waals surface area contributed by atoms with Crippen LogP contribution in [0.2, 0.25) is 0 Å². The summed E-state index contributed by atoms with van der Waals surface area (Å²) in [4.78, 5) is 27.0. The van der Waals surface area contributed by atoms with Crippen molar-refractivity contribution in [2.24, 2.45) is 0 Å². The summed E-state index contributed by atoms with van der Waals surface area (Å²) in [6, 6.07) is 24.3. The lowest BCUT2D eigenvalue weighted by molar-refractivity contribution is -0.405. The summed E-state index contributed by atoms with van der Waals surface area (Å²) in [5.74, 6) is -2.22. The molecule has 6 rings (SSSR count). The van der Waals surface area contributed by atoms with Gasteiger partial charge >= 0.3 is 16.1 Å². The van der Waals surface area contributed by atoms with Crippen molar-refractivity contribution in [2.75, 3.05) is 18.9 Å². The van der Waals surface area contributed by atoms with E-state index in [2.05, 4.69) is 10.3 Å². The normalized spacial score (nSPS) is 12.5. The lowest BCUT2D eigenvalue weighted by atomic mass is 9.90. The van der Waals surface area contributed by atoms with Crippen molar-refractivity contribution < 1.29 is 63.0 Å². The zero-order chi connectivity index (χ0) is 40.6. The second-order valence-electron chi connectivity index (χ2n) is 12.5. The van der Waals surface area contributed by atoms with Gasteiger partial charge in [-0.3, -0.25) is 23.2 Å². The number of rotatable bonds is 12. The van der Waals surface area contributed by atoms with Gasteiger partial charge in [-0.25, -0.2) is 4.99 Å². The molecule has 0 bridgehead atoms. The van der Waals surface area contributed by atoms with Crippen molar-refractivity contribution in [1.29, 1.82) is 0 Å². The maximum Gasteiger partial charge on any atom is 0.304 e. The van der Waals surface area contributed by atoms with Gasteiger partial charge in [-0.05, 0) is 60.5 Å². The molecule has 0 saturated heterocycles. The number of hydrogen-bond donors (Lipinski definition) is 6. The first-order valence-corrected chi connectivity index (χ1v) is 20.7. The highest BCUT2D eigenvalue weighted by atomic mass is 32.2. The van der Waals surface area contributed by atoms with Gasteiger partial charge in [0.25, 0.3) is 26.1 Å². The van der Waals surface area contributed by atoms with Crippen molar-refractivity contribution in [1.82, 2.24) is 4.90 Å². The van der Waals surface area contributed by atoms with Gasteiger partial charge in [0.15, 0.2) is 16.2 Å². The molecule has 19 heteroatoms. The van der Waals surface area contributed by atoms with Crippen LogP contribution in [0, 0.1) is 0 Å². The van der Waals surface area contributed by atoms with Crippen LogP contribution in [0.1, 0.15) is 23.2 Å². The van der Waals surface area contributed by atoms with Crippen LogP contribution in [-0.2, 0) is 35.1 Å². The number of anilines is 2. The number of carbonyl (C=O) groups excluding carboxylic acids is 1. The Morgan fingerprint density at radius 3 is 2.00 bits per heavy atom. The molecular formula is C37H32N3O13S3+. The average molecular weight is 823 g/mol. The highest BCUT2D eigenvalue weighted by molar-refractivity contribution is 7.86. The van der Waals surface area contributed by atoms with Gasteiger partial charge in [-0.15, -0.1) is 0 Å². The van der Waals surface area contributed by atoms with Crippen LogP contribution < -0.4 is 15.7 Å². The summed E-state index contributed by atoms with van der Waals surface area (Å²) in [6.07, 6.45) is -0.0668. The summed E-state index contributed by atoms with van der Waals surface area (Å²) in [5, 5.41) is 11.7. The van der Waals surface area contributed by atoms with Gasteiger partial charge in [0.2, 0.25) is 15.9 Å². The number of carboxylic acid groups (broad SMARTS) is 1. The molecule has 1 heterocycles. The maximum absolute atomic E-state index is 13.9. The number of nitrogens with one attached hydrogen (secondary N) is 2. The van der Waals surface area contributed by atoms with Gasteiger partial charge in [0, 0.05) is 66.0 Å². The number of amides is 1. The fraction of sp³-hybridized carbons (Fsp3) is 0.108. The van der Waals surface area contributed by atoms with Crippen LogP contribution in [0.4, 0.5) is 17.1 Å². The van der Waals surface area contributed by atoms with Crippen LogP contribution in [-0.4, -0.2) is 74.4 Å². The molecule has 0 spiro atoms. The van der Waals surface area contributed by atoms with Crippen LogP contribution in [0.3, 0.4) is 0 Å². The molecule has 1 aliphatic heterocycles. The number of fused-ring (bicyclic) bond motifs is 2. The number of carbonyl (C=O) groups is 2. The van der Waals surface area contributed by atoms with Crippen LogP contribution in [0.5, 0.6) is 0 Å². The highest BCUT2D eigenvalue weighted by Crippen LogP contribution is 2.46. The smallest absolute Gasteiger partial charge is 0.304 e. The number of aliphatic carboxylic acids is 1. The van der Waals surface area contributed by atoms with Crippen molar-refractivity contribution >= 4 is 70.3 Å². The van der Waals surface area contributed by atoms with E-state index in [4.69, 9.17) is 9.52 Å². The summed E-state index contributed by atoms with van der Waals surface area (Å²) < 4.78 is 113. The molecule has 0 unspecified atom stereocenters. The van der Waals surface area contributed by atoms with Crippen LogP contribution in [0.15, 0.2) is 122 Å². The predicted molar refractivity (Wildman–Crippen MR) is 201 cm³/mol. The molecule has 2 aliphatic rings. The molecule has 290 valence electrons. The first-order chi connectivity index (χ1) is 26.3. The van der Waals surface area contributed by atoms with E-state index in [9.17, 15) is 48.5 Å². The summed E-state index contributed by atoms with van der Waals surface area (Å²) in [5.41, 5.74) is -0.000469. The number of para-hydroxylation sites is 1. The lowest BCUT2D eigenvalue weighted by Crippen LogP contribution is -2.71. The topological polar surface area (TPSA) is 260 Å². The van der Waals surface area contributed by atoms with Gasteiger partial charge in [0.1, 0.15) is 0 Å². The van der Waals surface area contributed by atoms with Crippen molar-refractivity contribution in [3.63, 3.8) is 0 Å². The fourth-order valence-electron chi connectivity index (χ4n) is 6.17. The number of benzene rings is 5. The Balaban J connectivity index is 1.73. The van der Waals surface area contributed by atoms with Crippen molar-refractivity contribution in [2.45, 2.75) is 27.5 Å². The van der Waals surface area contributed by atoms with Crippen molar-refractivity contribution in [3.05, 3.63) is 114 Å². The summed E-state index contributed by atoms with van der Waals surface area (Å²) >= 11 is 0. The molecular weight excluding hydrogens is 791 g/mol. The van der Waals surface area contributed by atoms with E-state index >= 15 is 0 Å². The van der Waals surface area contributed by atoms with Gasteiger partial charge in [-0.2, -0.15) is 25.3 Å². The molecule has 1 amide bonds. The zero-order valence-corrected chi connectivity index (χ0v) is 31.5. The molecule has 0 aromatic heterocycles. The Bertz CT molecular complexity index is 2900. The molecule has 0 fully saturated rings. The fourth-order valence-corrected chi connectivity index (χ4v) is 8.22. The third-order valence-electron chi connectivity index (χ3n) is 8.62. The first kappa shape index (κ1) is 39.7. The SMILES string of the molecule is CN(CCCC(=O)O)C(=O)c1ccccc1-c1c2ccc(=[NH+]c3ccc(S(=O)(=O)O)cc3)c(S(=O)(=O)O)c-2oc2c(S(=O)(=O)O)c(Nc3ccccc3)ccc12. The second kappa shape index (κ2) is 15.3. The molecule has 4 aromatic rings. The number of hydrogen-bond acceptors (Lipinski definition) is 10. The van der Waals surface area contributed by atoms with Gasteiger partial charge < -0.3 is 19.7 Å². The Hall–Kier alpha value is -5.96. The van der Waals surface area contributed by atoms with Gasteiger partial charge in [-0.1, -0.05) is 36.4 Å². The Morgan fingerprint density at radius 1 is 0.732 bits per heavy atom. The van der Waals surface area contributed by atoms with E-state index in [0.717, 1.165) is 12.1 Å². The minimum Gasteiger partial charge on any atom is -0.481 e. The molecule has 0 saturated carbocycles. The van der Waals surface area contributed by atoms with E-state index < -0.39 is 68.3 Å². The molecule has 6 N–H and O–H groups in total. The third-order valence-corrected chi connectivity index (χ3v) is 11.3. The van der Waals surface area contributed by atoms with E-state index in [1.165, 1.54) is 60.5 Å². The summed E-state index contributed by atoms with van der Waals surface area (Å²) in [6.45, 7) is 0.0552. The summed E-state index contributed by atoms with van der Waals surface area (Å²) in [7, 11) is -13.6. The largest absolute Gasteiger partial charge is 0.481 e. The lowest BCUT2D eigenvalue weighted by Gasteiger charge is -2.22. The maximum atomic E-state index is 13.9. The Kier molecular flexibility index (Phi) is 10.8. The van der Waals surface area contributed by atoms with E-state index in [0.29, 0.717) is 5.69 Å². The van der Waals surface area contributed by atoms with Crippen LogP contribution >= 0.6 is 0 Å². The minimum absolute atomic E-state index is 0.000292. The standard InChI is InChI=1S/C37H31N3O13S3/c1-40(21-7-12-31(41)42)37(43)26-11-6-5-10-25(26)32-27-17-19-29(38-22-8-3-2-4-9-22)35(55(47,48)49)33(27)53-34-28(32)18-20-30(36(34)56(50,51)52)39-23-13-15-24(16-14-23)54(44,45)46/h2-6,8-11,13-20,38H,7,12,21H2,1H3,(H,41,42)(H,44,45,46)(H,47,48,49)(H,50,51,52)/p+1. The van der Waals surface area contributed by atoms with E-state index in [1.54, 1.807) is 42.5 Å². The molecule has 4 aromatic carbocycles. The average Bonchev–Trinajstić information content (AvgIpc) is 3.12. The second-order valence-corrected chi connectivity index (χ2v) is 16.6. The molecule has 0 radical (unpaired) electrons. The Morgan fingerprint density at radius 2 is 1.38 bits per heavy atom. The zero-order valence-electron chi connectivity index (χ0n) is 29.1. The van der Waals surface area contributed by atoms with E-state index in [1.807, 2.05) is 0 Å². The minimum atomic E-state index is -5.29. The number of carboxylic acids is 1. The molecule has 16 nitrogen and oxygen atoms in total. The van der Waals surface area contributed by atoms with Gasteiger partial charge in [0.05, 0.1) is 10.6 Å². The van der Waals surface area contributed by atoms with E-state index in [-0.39, 0.29) is 63.8 Å². The third kappa shape index (κ3) is 8.32. The van der Waals surface area contributed by atoms with Crippen molar-refractivity contribution in [3.8, 4) is 22.5 Å². The molecule has 0 atom stereocenters. The predicted octanol–water partition coefficient (Wildman–Crippen LogP) is 3.94. The monoisotopic (exact) mass is 822 g/mol. The quantitative estimate of drug-likeness (QED) is 0.0755. The molecule has 56 heavy (non-hydrogen) atoms. The first-order valence-electron chi connectivity index (χ1n) is 16.4.